The summed E-state index contributed by atoms with van der Waals surface area (Å²) in [4.78, 5) is 53.0. The smallest absolute Gasteiger partial charge is 0.330 e. The molecule has 1 amide bonds. The summed E-state index contributed by atoms with van der Waals surface area (Å²) < 4.78 is 33.2. The molecule has 1 fully saturated rings. The topological polar surface area (TPSA) is 175 Å². The highest BCUT2D eigenvalue weighted by Gasteiger charge is 2.63. The molecule has 17 heteroatoms. The Morgan fingerprint density at radius 1 is 1.23 bits per heavy atom. The predicted molar refractivity (Wildman–Crippen MR) is 161 cm³/mol. The van der Waals surface area contributed by atoms with Crippen LogP contribution in [0.15, 0.2) is 21.9 Å². The van der Waals surface area contributed by atoms with E-state index in [-0.39, 0.29) is 51.0 Å². The Kier molecular flexibility index (Phi) is 12.5. The van der Waals surface area contributed by atoms with Gasteiger partial charge in [-0.2, -0.15) is 0 Å². The van der Waals surface area contributed by atoms with Gasteiger partial charge in [-0.25, -0.2) is 9.18 Å². The average Bonchev–Trinajstić information content (AvgIpc) is 3.19. The van der Waals surface area contributed by atoms with E-state index in [4.69, 9.17) is 54.7 Å². The number of aryl methyl sites for hydroxylation is 1. The summed E-state index contributed by atoms with van der Waals surface area (Å²) in [5.74, 6) is -2.39. The number of ketones is 1. The first-order valence-corrected chi connectivity index (χ1v) is 14.0. The van der Waals surface area contributed by atoms with E-state index >= 15 is 4.39 Å². The van der Waals surface area contributed by atoms with Gasteiger partial charge in [0.25, 0.3) is 11.5 Å². The van der Waals surface area contributed by atoms with Crippen molar-refractivity contribution in [3.8, 4) is 11.5 Å². The molecule has 0 radical (unpaired) electrons. The number of methoxy groups -OCH3 is 1. The molecule has 1 aliphatic rings. The number of alkyl halides is 1. The third kappa shape index (κ3) is 7.14. The van der Waals surface area contributed by atoms with E-state index in [0.717, 1.165) is 10.8 Å². The maximum absolute atomic E-state index is 16.0. The molecule has 6 atom stereocenters. The molecule has 0 unspecified atom stereocenters. The number of rotatable bonds is 11. The number of carbonyl (C=O) groups excluding carboxylic acids is 2. The average molecular weight is 690 g/mol. The maximum atomic E-state index is 16.0. The van der Waals surface area contributed by atoms with Crippen LogP contribution in [0.5, 0.6) is 11.5 Å². The minimum absolute atomic E-state index is 0. The number of ether oxygens (including phenoxy) is 3. The summed E-state index contributed by atoms with van der Waals surface area (Å²) in [7, 11) is 1.33. The van der Waals surface area contributed by atoms with Crippen LogP contribution in [0.2, 0.25) is 15.1 Å². The summed E-state index contributed by atoms with van der Waals surface area (Å²) in [6.45, 7) is 5.61. The number of nitrogens with zero attached hydrogens (tertiary/aromatic N) is 1. The van der Waals surface area contributed by atoms with Crippen LogP contribution >= 0.6 is 47.2 Å². The zero-order valence-electron chi connectivity index (χ0n) is 23.8. The van der Waals surface area contributed by atoms with Crippen LogP contribution < -0.4 is 31.8 Å². The van der Waals surface area contributed by atoms with E-state index < -0.39 is 71.7 Å². The molecule has 1 saturated heterocycles. The molecule has 0 bridgehead atoms. The van der Waals surface area contributed by atoms with Crippen LogP contribution in [0, 0.1) is 5.92 Å². The van der Waals surface area contributed by atoms with Crippen molar-refractivity contribution in [2.75, 3.05) is 13.7 Å². The minimum Gasteiger partial charge on any atom is -0.493 e. The van der Waals surface area contributed by atoms with Crippen molar-refractivity contribution >= 4 is 58.9 Å². The molecular weight excluding hydrogens is 657 g/mol. The first kappa shape index (κ1) is 36.8. The molecule has 1 aromatic heterocycles. The fraction of sp³-hybridized carbons (Fsp3) is 0.538. The summed E-state index contributed by atoms with van der Waals surface area (Å²) >= 11 is 18.5. The van der Waals surface area contributed by atoms with Gasteiger partial charge in [0.2, 0.25) is 0 Å². The second-order valence-corrected chi connectivity index (χ2v) is 11.3. The number of Topliss-reactive ketones (excluding diaryl/α,β-unsaturated/α-hetero) is 1. The molecule has 2 heterocycles. The lowest BCUT2D eigenvalue weighted by Crippen LogP contribution is -2.62. The van der Waals surface area contributed by atoms with E-state index in [2.05, 4.69) is 10.3 Å². The Balaban J connectivity index is 0.00000645. The molecule has 1 aromatic carbocycles. The first-order valence-electron chi connectivity index (χ1n) is 12.9. The number of H-pyrrole nitrogens is 1. The van der Waals surface area contributed by atoms with E-state index in [1.165, 1.54) is 20.1 Å². The molecule has 240 valence electrons. The molecule has 0 spiro atoms. The molecule has 2 aromatic rings. The fourth-order valence-electron chi connectivity index (χ4n) is 4.40. The summed E-state index contributed by atoms with van der Waals surface area (Å²) in [5, 5.41) is 14.0. The number of nitrogens with one attached hydrogen (secondary N) is 2. The highest BCUT2D eigenvalue weighted by molar-refractivity contribution is 6.42. The number of benzene rings is 1. The summed E-state index contributed by atoms with van der Waals surface area (Å²) in [6, 6.07) is 0.00684. The number of aromatic nitrogens is 2. The number of halogens is 5. The second kappa shape index (κ2) is 14.6. The molecule has 43 heavy (non-hydrogen) atoms. The van der Waals surface area contributed by atoms with Crippen LogP contribution in [0.1, 0.15) is 39.5 Å². The van der Waals surface area contributed by atoms with Gasteiger partial charge in [-0.1, -0.05) is 55.6 Å². The van der Waals surface area contributed by atoms with Crippen LogP contribution in [0.25, 0.3) is 0 Å². The van der Waals surface area contributed by atoms with E-state index in [1.807, 2.05) is 0 Å². The number of carbonyl (C=O) groups is 2. The maximum Gasteiger partial charge on any atom is 0.330 e. The lowest BCUT2D eigenvalue weighted by molar-refractivity contribution is -0.150. The van der Waals surface area contributed by atoms with Gasteiger partial charge in [0, 0.05) is 18.3 Å². The Morgan fingerprint density at radius 2 is 1.84 bits per heavy atom. The molecule has 5 N–H and O–H groups in total. The minimum atomic E-state index is -2.87. The number of hydrogen-bond donors (Lipinski definition) is 4. The van der Waals surface area contributed by atoms with Crippen molar-refractivity contribution in [2.45, 2.75) is 70.4 Å². The van der Waals surface area contributed by atoms with Gasteiger partial charge in [0.15, 0.2) is 41.4 Å². The van der Waals surface area contributed by atoms with Crippen LogP contribution in [0.3, 0.4) is 0 Å². The highest BCUT2D eigenvalue weighted by Crippen LogP contribution is 2.45. The number of aliphatic hydroxyl groups is 1. The number of amides is 1. The monoisotopic (exact) mass is 688 g/mol. The van der Waals surface area contributed by atoms with Crippen LogP contribution in [-0.2, 0) is 20.7 Å². The predicted octanol–water partition coefficient (Wildman–Crippen LogP) is 2.59. The largest absolute Gasteiger partial charge is 0.493 e. The van der Waals surface area contributed by atoms with Crippen molar-refractivity contribution in [3.63, 3.8) is 0 Å². The molecular formula is C26H33Cl4FN4O8. The highest BCUT2D eigenvalue weighted by atomic mass is 35.5. The van der Waals surface area contributed by atoms with E-state index in [9.17, 15) is 24.3 Å². The van der Waals surface area contributed by atoms with Crippen LogP contribution in [0.4, 0.5) is 4.39 Å². The Hall–Kier alpha value is -2.39. The van der Waals surface area contributed by atoms with Gasteiger partial charge >= 0.3 is 5.69 Å². The number of hydrogen-bond acceptors (Lipinski definition) is 9. The summed E-state index contributed by atoms with van der Waals surface area (Å²) in [6.07, 6.45) is -5.99. The van der Waals surface area contributed by atoms with Crippen molar-refractivity contribution in [2.24, 2.45) is 11.7 Å². The van der Waals surface area contributed by atoms with Gasteiger partial charge in [-0.3, -0.25) is 23.9 Å². The molecule has 0 saturated carbocycles. The SMILES string of the molecule is CCc1cn([C@@H]2O[C@H](CNC(=O)[C@H](C)Oc3c(Cl)cc(Cl)c(OC)c3Cl)[C@](O)(C(=O)[C@@H](N)C(C)C)[C@H]2F)c(=O)[nH]c1=O.Cl. The molecule has 12 nitrogen and oxygen atoms in total. The molecule has 0 aliphatic carbocycles. The Labute approximate surface area is 267 Å². The third-order valence-electron chi connectivity index (χ3n) is 6.99. The summed E-state index contributed by atoms with van der Waals surface area (Å²) in [5.41, 5.74) is 1.56. The number of nitrogens with two attached hydrogens (primary N) is 1. The lowest BCUT2D eigenvalue weighted by Gasteiger charge is -2.32. The standard InChI is InChI=1S/C26H32Cl3FN4O8.ClH/c1-6-12-9-34(25(38)33-23(12)37)24-20(30)26(39,21(35)17(31)10(2)3)15(42-24)8-32-22(36)11(4)41-19-14(28)7-13(27)18(40-5)16(19)29;/h7,9-11,15,17,20,24,39H,6,8,31H2,1-5H3,(H,32,36)(H,33,37,38);1H/t11-,15+,17-,20-,24+,26+;/m0./s1. The van der Waals surface area contributed by atoms with E-state index in [1.54, 1.807) is 20.8 Å². The zero-order chi connectivity index (χ0) is 31.7. The first-order chi connectivity index (χ1) is 19.6. The van der Waals surface area contributed by atoms with Crippen molar-refractivity contribution in [3.05, 3.63) is 53.7 Å². The zero-order valence-corrected chi connectivity index (χ0v) is 26.9. The van der Waals surface area contributed by atoms with Gasteiger partial charge in [0.1, 0.15) is 11.1 Å². The van der Waals surface area contributed by atoms with Crippen molar-refractivity contribution in [1.82, 2.24) is 14.9 Å². The Morgan fingerprint density at radius 3 is 2.40 bits per heavy atom. The Bertz CT molecular complexity index is 1470. The normalized spacial score (nSPS) is 22.9. The van der Waals surface area contributed by atoms with Gasteiger partial charge in [-0.05, 0) is 25.3 Å². The quantitative estimate of drug-likeness (QED) is 0.276. The van der Waals surface area contributed by atoms with E-state index in [0.29, 0.717) is 0 Å². The molecule has 1 aliphatic heterocycles. The van der Waals surface area contributed by atoms with Gasteiger partial charge < -0.3 is 30.4 Å². The molecule has 3 rings (SSSR count). The fourth-order valence-corrected chi connectivity index (χ4v) is 5.40. The van der Waals surface area contributed by atoms with Gasteiger partial charge in [-0.15, -0.1) is 12.4 Å². The van der Waals surface area contributed by atoms with Gasteiger partial charge in [0.05, 0.1) is 23.2 Å². The van der Waals surface area contributed by atoms with Crippen molar-refractivity contribution in [1.29, 1.82) is 0 Å². The number of aromatic amines is 1. The second-order valence-electron chi connectivity index (χ2n) is 10.1. The third-order valence-corrected chi connectivity index (χ3v) is 7.90. The van der Waals surface area contributed by atoms with Crippen molar-refractivity contribution < 1.29 is 33.3 Å². The lowest BCUT2D eigenvalue weighted by atomic mass is 9.81. The van der Waals surface area contributed by atoms with Crippen LogP contribution in [-0.4, -0.2) is 70.0 Å².